The van der Waals surface area contributed by atoms with Crippen LogP contribution in [0.5, 0.6) is 0 Å². The molecule has 0 aliphatic rings. The van der Waals surface area contributed by atoms with Gasteiger partial charge < -0.3 is 11.1 Å². The van der Waals surface area contributed by atoms with E-state index >= 15 is 0 Å². The van der Waals surface area contributed by atoms with E-state index in [2.05, 4.69) is 10.3 Å². The molecule has 1 heterocycles. The van der Waals surface area contributed by atoms with Gasteiger partial charge in [-0.05, 0) is 55.0 Å². The Bertz CT molecular complexity index is 827. The summed E-state index contributed by atoms with van der Waals surface area (Å²) in [6, 6.07) is 14.7. The average molecular weight is 277 g/mol. The fourth-order valence-corrected chi connectivity index (χ4v) is 2.17. The molecule has 0 bridgehead atoms. The molecule has 0 aliphatic heterocycles. The molecule has 0 fully saturated rings. The van der Waals surface area contributed by atoms with E-state index in [1.54, 1.807) is 24.4 Å². The maximum atomic E-state index is 12.3. The van der Waals surface area contributed by atoms with E-state index in [4.69, 9.17) is 5.73 Å². The second-order valence-electron chi connectivity index (χ2n) is 4.94. The molecule has 0 spiro atoms. The Hall–Kier alpha value is -2.88. The first-order valence-electron chi connectivity index (χ1n) is 6.66. The number of anilines is 2. The van der Waals surface area contributed by atoms with Crippen molar-refractivity contribution >= 4 is 28.2 Å². The van der Waals surface area contributed by atoms with Crippen LogP contribution < -0.4 is 11.1 Å². The van der Waals surface area contributed by atoms with E-state index in [0.29, 0.717) is 11.3 Å². The molecule has 4 nitrogen and oxygen atoms in total. The van der Waals surface area contributed by atoms with Crippen LogP contribution in [0, 0.1) is 6.92 Å². The summed E-state index contributed by atoms with van der Waals surface area (Å²) >= 11 is 0. The minimum Gasteiger partial charge on any atom is -0.399 e. The third-order valence-corrected chi connectivity index (χ3v) is 3.39. The Kier molecular flexibility index (Phi) is 3.28. The molecule has 4 heteroatoms. The number of nitrogens with two attached hydrogens (primary N) is 1. The Morgan fingerprint density at radius 1 is 1.14 bits per heavy atom. The predicted molar refractivity (Wildman–Crippen MR) is 85.3 cm³/mol. The maximum Gasteiger partial charge on any atom is 0.255 e. The van der Waals surface area contributed by atoms with E-state index in [-0.39, 0.29) is 5.91 Å². The van der Waals surface area contributed by atoms with Crippen molar-refractivity contribution in [2.75, 3.05) is 11.1 Å². The van der Waals surface area contributed by atoms with Crippen molar-refractivity contribution in [3.8, 4) is 0 Å². The van der Waals surface area contributed by atoms with E-state index < -0.39 is 0 Å². The molecule has 3 rings (SSSR count). The molecule has 3 aromatic rings. The topological polar surface area (TPSA) is 68.0 Å². The molecule has 0 atom stereocenters. The fraction of sp³-hybridized carbons (Fsp3) is 0.0588. The number of aromatic nitrogens is 1. The van der Waals surface area contributed by atoms with Gasteiger partial charge in [-0.1, -0.05) is 6.07 Å². The van der Waals surface area contributed by atoms with Crippen molar-refractivity contribution in [1.29, 1.82) is 0 Å². The van der Waals surface area contributed by atoms with E-state index in [0.717, 1.165) is 22.2 Å². The van der Waals surface area contributed by atoms with Crippen LogP contribution in [0.3, 0.4) is 0 Å². The molecule has 0 aliphatic carbocycles. The largest absolute Gasteiger partial charge is 0.399 e. The molecule has 104 valence electrons. The molecule has 1 aromatic heterocycles. The standard InChI is InChI=1S/C17H15N3O/c1-11-9-14(5-6-15(11)18)20-17(21)13-4-7-16-12(10-13)3-2-8-19-16/h2-10H,18H2,1H3,(H,20,21). The Balaban J connectivity index is 1.87. The second kappa shape index (κ2) is 5.25. The number of hydrogen-bond acceptors (Lipinski definition) is 3. The number of rotatable bonds is 2. The van der Waals surface area contributed by atoms with Gasteiger partial charge in [0.1, 0.15) is 0 Å². The number of amides is 1. The fourth-order valence-electron chi connectivity index (χ4n) is 2.17. The lowest BCUT2D eigenvalue weighted by Gasteiger charge is -2.08. The molecule has 21 heavy (non-hydrogen) atoms. The number of benzene rings is 2. The number of nitrogens with zero attached hydrogens (tertiary/aromatic N) is 1. The lowest BCUT2D eigenvalue weighted by molar-refractivity contribution is 0.102. The predicted octanol–water partition coefficient (Wildman–Crippen LogP) is 3.38. The lowest BCUT2D eigenvalue weighted by atomic mass is 10.1. The number of carbonyl (C=O) groups is 1. The highest BCUT2D eigenvalue weighted by molar-refractivity contribution is 6.06. The summed E-state index contributed by atoms with van der Waals surface area (Å²) in [6.45, 7) is 1.91. The zero-order valence-corrected chi connectivity index (χ0v) is 11.6. The molecular formula is C17H15N3O. The van der Waals surface area contributed by atoms with Crippen LogP contribution in [0.15, 0.2) is 54.7 Å². The van der Waals surface area contributed by atoms with Gasteiger partial charge in [0.25, 0.3) is 5.91 Å². The second-order valence-corrected chi connectivity index (χ2v) is 4.94. The summed E-state index contributed by atoms with van der Waals surface area (Å²) in [7, 11) is 0. The van der Waals surface area contributed by atoms with Crippen LogP contribution >= 0.6 is 0 Å². The van der Waals surface area contributed by atoms with Crippen LogP contribution in [0.4, 0.5) is 11.4 Å². The number of pyridine rings is 1. The molecular weight excluding hydrogens is 262 g/mol. The number of fused-ring (bicyclic) bond motifs is 1. The van der Waals surface area contributed by atoms with Gasteiger partial charge in [-0.2, -0.15) is 0 Å². The highest BCUT2D eigenvalue weighted by Gasteiger charge is 2.07. The van der Waals surface area contributed by atoms with E-state index in [9.17, 15) is 4.79 Å². The van der Waals surface area contributed by atoms with Gasteiger partial charge in [-0.15, -0.1) is 0 Å². The summed E-state index contributed by atoms with van der Waals surface area (Å²) in [5.74, 6) is -0.148. The monoisotopic (exact) mass is 277 g/mol. The SMILES string of the molecule is Cc1cc(NC(=O)c2ccc3ncccc3c2)ccc1N. The van der Waals surface area contributed by atoms with Gasteiger partial charge in [0.2, 0.25) is 0 Å². The molecule has 3 N–H and O–H groups in total. The Morgan fingerprint density at radius 2 is 2.00 bits per heavy atom. The zero-order chi connectivity index (χ0) is 14.8. The molecule has 0 saturated carbocycles. The highest BCUT2D eigenvalue weighted by Crippen LogP contribution is 2.18. The first kappa shape index (κ1) is 13.1. The first-order valence-corrected chi connectivity index (χ1v) is 6.66. The summed E-state index contributed by atoms with van der Waals surface area (Å²) in [6.07, 6.45) is 1.74. The maximum absolute atomic E-state index is 12.3. The summed E-state index contributed by atoms with van der Waals surface area (Å²) in [5, 5.41) is 3.82. The van der Waals surface area contributed by atoms with Gasteiger partial charge in [-0.25, -0.2) is 0 Å². The Labute approximate surface area is 122 Å². The minimum atomic E-state index is -0.148. The lowest BCUT2D eigenvalue weighted by Crippen LogP contribution is -2.12. The van der Waals surface area contributed by atoms with Gasteiger partial charge in [0.05, 0.1) is 5.52 Å². The van der Waals surface area contributed by atoms with Gasteiger partial charge in [-0.3, -0.25) is 9.78 Å². The zero-order valence-electron chi connectivity index (χ0n) is 11.6. The van der Waals surface area contributed by atoms with Crippen molar-refractivity contribution in [3.05, 3.63) is 65.9 Å². The molecule has 2 aromatic carbocycles. The molecule has 0 unspecified atom stereocenters. The van der Waals surface area contributed by atoms with E-state index in [1.165, 1.54) is 0 Å². The van der Waals surface area contributed by atoms with E-state index in [1.807, 2.05) is 37.3 Å². The van der Waals surface area contributed by atoms with Gasteiger partial charge >= 0.3 is 0 Å². The molecule has 1 amide bonds. The highest BCUT2D eigenvalue weighted by atomic mass is 16.1. The number of nitrogens with one attached hydrogen (secondary N) is 1. The first-order chi connectivity index (χ1) is 10.1. The minimum absolute atomic E-state index is 0.148. The number of hydrogen-bond donors (Lipinski definition) is 2. The summed E-state index contributed by atoms with van der Waals surface area (Å²) in [5.41, 5.74) is 9.63. The quantitative estimate of drug-likeness (QED) is 0.706. The third-order valence-electron chi connectivity index (χ3n) is 3.39. The Morgan fingerprint density at radius 3 is 2.81 bits per heavy atom. The van der Waals surface area contributed by atoms with Gasteiger partial charge in [0, 0.05) is 28.5 Å². The van der Waals surface area contributed by atoms with Crippen molar-refractivity contribution in [2.45, 2.75) is 6.92 Å². The molecule has 0 saturated heterocycles. The number of carbonyl (C=O) groups excluding carboxylic acids is 1. The van der Waals surface area contributed by atoms with Gasteiger partial charge in [0.15, 0.2) is 0 Å². The van der Waals surface area contributed by atoms with Crippen LogP contribution in [0.2, 0.25) is 0 Å². The average Bonchev–Trinajstić information content (AvgIpc) is 2.50. The van der Waals surface area contributed by atoms with Crippen LogP contribution in [0.25, 0.3) is 10.9 Å². The third kappa shape index (κ3) is 2.69. The smallest absolute Gasteiger partial charge is 0.255 e. The summed E-state index contributed by atoms with van der Waals surface area (Å²) in [4.78, 5) is 16.5. The van der Waals surface area contributed by atoms with Crippen LogP contribution in [-0.4, -0.2) is 10.9 Å². The van der Waals surface area contributed by atoms with Crippen LogP contribution in [-0.2, 0) is 0 Å². The van der Waals surface area contributed by atoms with Crippen molar-refractivity contribution in [2.24, 2.45) is 0 Å². The van der Waals surface area contributed by atoms with Crippen molar-refractivity contribution < 1.29 is 4.79 Å². The normalized spacial score (nSPS) is 10.5. The number of nitrogen functional groups attached to an aromatic ring is 1. The molecule has 0 radical (unpaired) electrons. The number of aryl methyl sites for hydroxylation is 1. The van der Waals surface area contributed by atoms with Crippen molar-refractivity contribution in [1.82, 2.24) is 4.98 Å². The summed E-state index contributed by atoms with van der Waals surface area (Å²) < 4.78 is 0. The van der Waals surface area contributed by atoms with Crippen molar-refractivity contribution in [3.63, 3.8) is 0 Å². The van der Waals surface area contributed by atoms with Crippen LogP contribution in [0.1, 0.15) is 15.9 Å².